The summed E-state index contributed by atoms with van der Waals surface area (Å²) in [5, 5.41) is 51.3. The van der Waals surface area contributed by atoms with E-state index < -0.39 is 36.8 Å². The molecule has 1 unspecified atom stereocenters. The Morgan fingerprint density at radius 2 is 1.80 bits per heavy atom. The quantitative estimate of drug-likeness (QED) is 0.500. The van der Waals surface area contributed by atoms with Gasteiger partial charge in [0.1, 0.15) is 30.2 Å². The number of benzene rings is 2. The maximum Gasteiger partial charge on any atom is 0.222 e. The van der Waals surface area contributed by atoms with Gasteiger partial charge in [-0.15, -0.1) is 0 Å². The Morgan fingerprint density at radius 1 is 1.07 bits per heavy atom. The lowest BCUT2D eigenvalue weighted by atomic mass is 9.77. The lowest BCUT2D eigenvalue weighted by Gasteiger charge is -2.45. The normalized spacial score (nSPS) is 33.7. The van der Waals surface area contributed by atoms with Crippen molar-refractivity contribution in [3.8, 4) is 5.75 Å². The van der Waals surface area contributed by atoms with Gasteiger partial charge < -0.3 is 35.0 Å². The molecule has 30 heavy (non-hydrogen) atoms. The summed E-state index contributed by atoms with van der Waals surface area (Å²) in [6.45, 7) is -0.604. The molecule has 4 rings (SSSR count). The molecule has 2 aromatic rings. The fourth-order valence-electron chi connectivity index (χ4n) is 4.60. The van der Waals surface area contributed by atoms with Crippen LogP contribution in [-0.2, 0) is 16.9 Å². The molecule has 0 saturated carbocycles. The van der Waals surface area contributed by atoms with Crippen LogP contribution in [0, 0.1) is 0 Å². The molecule has 5 N–H and O–H groups in total. The van der Waals surface area contributed by atoms with Gasteiger partial charge in [-0.3, -0.25) is 0 Å². The predicted octanol–water partition coefficient (Wildman–Crippen LogP) is 0.782. The first kappa shape index (κ1) is 21.2. The van der Waals surface area contributed by atoms with Crippen LogP contribution in [0.5, 0.6) is 5.75 Å². The standard InChI is InChI=1S/C23H28O7/c1-29-16-9-6-14(7-10-16)17-4-2-3-13-5-8-15(11-18(13)17)23(28)22(27)21(26)20(25)19(12-24)30-23/h5-11,17,19-22,24-28H,2-4,12H2,1H3/t17?,19-,20-,21+,22-,23+/m1/s1. The summed E-state index contributed by atoms with van der Waals surface area (Å²) in [6.07, 6.45) is -3.28. The SMILES string of the molecule is COc1ccc(C2CCCc3ccc([C@]4(O)O[C@H](CO)[C@@H](O)[C@H](O)[C@H]4O)cc32)cc1. The summed E-state index contributed by atoms with van der Waals surface area (Å²) < 4.78 is 10.7. The molecule has 0 aromatic heterocycles. The number of ether oxygens (including phenoxy) is 2. The second kappa shape index (κ2) is 8.26. The van der Waals surface area contributed by atoms with Crippen molar-refractivity contribution in [1.82, 2.24) is 0 Å². The minimum Gasteiger partial charge on any atom is -0.497 e. The van der Waals surface area contributed by atoms with E-state index >= 15 is 0 Å². The van der Waals surface area contributed by atoms with Crippen LogP contribution < -0.4 is 4.74 Å². The fourth-order valence-corrected chi connectivity index (χ4v) is 4.60. The van der Waals surface area contributed by atoms with Crippen molar-refractivity contribution in [3.63, 3.8) is 0 Å². The van der Waals surface area contributed by atoms with Gasteiger partial charge in [0.2, 0.25) is 5.79 Å². The van der Waals surface area contributed by atoms with Crippen molar-refractivity contribution in [2.24, 2.45) is 0 Å². The van der Waals surface area contributed by atoms with Gasteiger partial charge in [-0.2, -0.15) is 0 Å². The van der Waals surface area contributed by atoms with E-state index in [4.69, 9.17) is 9.47 Å². The second-order valence-electron chi connectivity index (χ2n) is 8.09. The Balaban J connectivity index is 1.73. The van der Waals surface area contributed by atoms with Gasteiger partial charge in [0.15, 0.2) is 0 Å². The molecule has 0 spiro atoms. The van der Waals surface area contributed by atoms with Crippen molar-refractivity contribution in [2.45, 2.75) is 55.4 Å². The highest BCUT2D eigenvalue weighted by atomic mass is 16.7. The molecule has 1 saturated heterocycles. The first-order valence-corrected chi connectivity index (χ1v) is 10.2. The van der Waals surface area contributed by atoms with Gasteiger partial charge in [-0.1, -0.05) is 24.3 Å². The average Bonchev–Trinajstić information content (AvgIpc) is 2.79. The molecule has 1 fully saturated rings. The molecule has 162 valence electrons. The van der Waals surface area contributed by atoms with E-state index in [1.807, 2.05) is 30.3 Å². The Bertz CT molecular complexity index is 882. The first-order valence-electron chi connectivity index (χ1n) is 10.2. The van der Waals surface area contributed by atoms with Crippen LogP contribution in [0.1, 0.15) is 41.0 Å². The third kappa shape index (κ3) is 3.51. The summed E-state index contributed by atoms with van der Waals surface area (Å²) in [5.74, 6) is -1.37. The van der Waals surface area contributed by atoms with Crippen LogP contribution in [0.15, 0.2) is 42.5 Å². The van der Waals surface area contributed by atoms with E-state index in [1.165, 1.54) is 0 Å². The molecule has 1 aliphatic carbocycles. The van der Waals surface area contributed by atoms with Crippen molar-refractivity contribution >= 4 is 0 Å². The number of aryl methyl sites for hydroxylation is 1. The van der Waals surface area contributed by atoms with Gasteiger partial charge in [-0.05, 0) is 54.2 Å². The van der Waals surface area contributed by atoms with E-state index in [9.17, 15) is 25.5 Å². The summed E-state index contributed by atoms with van der Waals surface area (Å²) in [6, 6.07) is 13.2. The van der Waals surface area contributed by atoms with Crippen molar-refractivity contribution in [1.29, 1.82) is 0 Å². The van der Waals surface area contributed by atoms with E-state index in [0.29, 0.717) is 0 Å². The topological polar surface area (TPSA) is 120 Å². The summed E-state index contributed by atoms with van der Waals surface area (Å²) in [4.78, 5) is 0. The van der Waals surface area contributed by atoms with Crippen LogP contribution in [0.25, 0.3) is 0 Å². The minimum absolute atomic E-state index is 0.105. The van der Waals surface area contributed by atoms with Crippen LogP contribution in [0.3, 0.4) is 0 Å². The monoisotopic (exact) mass is 416 g/mol. The second-order valence-corrected chi connectivity index (χ2v) is 8.09. The van der Waals surface area contributed by atoms with Crippen LogP contribution >= 0.6 is 0 Å². The van der Waals surface area contributed by atoms with Gasteiger partial charge in [0, 0.05) is 11.5 Å². The maximum absolute atomic E-state index is 11.2. The number of aliphatic hydroxyl groups excluding tert-OH is 4. The average molecular weight is 416 g/mol. The molecule has 1 aliphatic heterocycles. The molecule has 7 nitrogen and oxygen atoms in total. The van der Waals surface area contributed by atoms with E-state index in [1.54, 1.807) is 19.2 Å². The molecule has 1 heterocycles. The first-order chi connectivity index (χ1) is 14.4. The third-order valence-corrected chi connectivity index (χ3v) is 6.36. The molecule has 2 aliphatic rings. The summed E-state index contributed by atoms with van der Waals surface area (Å²) in [5.41, 5.74) is 3.57. The third-order valence-electron chi connectivity index (χ3n) is 6.36. The lowest BCUT2D eigenvalue weighted by molar-refractivity contribution is -0.357. The maximum atomic E-state index is 11.2. The van der Waals surface area contributed by atoms with E-state index in [0.717, 1.165) is 41.7 Å². The van der Waals surface area contributed by atoms with Gasteiger partial charge in [0.25, 0.3) is 0 Å². The molecular formula is C23H28O7. The number of hydrogen-bond acceptors (Lipinski definition) is 7. The lowest BCUT2D eigenvalue weighted by Crippen LogP contribution is -2.63. The fraction of sp³-hybridized carbons (Fsp3) is 0.478. The smallest absolute Gasteiger partial charge is 0.222 e. The zero-order valence-electron chi connectivity index (χ0n) is 16.8. The molecule has 2 aromatic carbocycles. The number of hydrogen-bond donors (Lipinski definition) is 5. The molecule has 6 atom stereocenters. The Morgan fingerprint density at radius 3 is 2.47 bits per heavy atom. The highest BCUT2D eigenvalue weighted by Gasteiger charge is 2.53. The van der Waals surface area contributed by atoms with E-state index in [2.05, 4.69) is 0 Å². The van der Waals surface area contributed by atoms with E-state index in [-0.39, 0.29) is 11.5 Å². The number of fused-ring (bicyclic) bond motifs is 1. The zero-order valence-corrected chi connectivity index (χ0v) is 16.8. The molecule has 7 heteroatoms. The Kier molecular flexibility index (Phi) is 5.85. The molecule has 0 radical (unpaired) electrons. The molecule has 0 amide bonds. The number of rotatable bonds is 4. The highest BCUT2D eigenvalue weighted by molar-refractivity contribution is 5.44. The largest absolute Gasteiger partial charge is 0.497 e. The van der Waals surface area contributed by atoms with Crippen LogP contribution in [0.4, 0.5) is 0 Å². The summed E-state index contributed by atoms with van der Waals surface area (Å²) >= 11 is 0. The minimum atomic E-state index is -2.25. The molecular weight excluding hydrogens is 388 g/mol. The Labute approximate surface area is 175 Å². The van der Waals surface area contributed by atoms with Crippen LogP contribution in [-0.4, -0.2) is 63.7 Å². The van der Waals surface area contributed by atoms with Crippen molar-refractivity contribution in [3.05, 3.63) is 64.7 Å². The van der Waals surface area contributed by atoms with Gasteiger partial charge in [-0.25, -0.2) is 0 Å². The number of methoxy groups -OCH3 is 1. The summed E-state index contributed by atoms with van der Waals surface area (Å²) in [7, 11) is 1.62. The highest BCUT2D eigenvalue weighted by Crippen LogP contribution is 2.42. The van der Waals surface area contributed by atoms with Crippen molar-refractivity contribution < 1.29 is 35.0 Å². The van der Waals surface area contributed by atoms with Crippen molar-refractivity contribution in [2.75, 3.05) is 13.7 Å². The Hall–Kier alpha value is -2.00. The molecule has 0 bridgehead atoms. The van der Waals surface area contributed by atoms with Crippen LogP contribution in [0.2, 0.25) is 0 Å². The van der Waals surface area contributed by atoms with Gasteiger partial charge in [0.05, 0.1) is 13.7 Å². The zero-order chi connectivity index (χ0) is 21.5. The van der Waals surface area contributed by atoms with Gasteiger partial charge >= 0.3 is 0 Å². The number of aliphatic hydroxyl groups is 5. The predicted molar refractivity (Wildman–Crippen MR) is 108 cm³/mol.